The second-order valence-corrected chi connectivity index (χ2v) is 34.8. The Morgan fingerprint density at radius 3 is 1.15 bits per heavy atom. The van der Waals surface area contributed by atoms with Crippen molar-refractivity contribution in [3.05, 3.63) is 217 Å². The molecule has 3 saturated heterocycles. The zero-order valence-electron chi connectivity index (χ0n) is 70.5. The SMILES string of the molecule is CCS(=O)(=O)N1CCN2c3ccc(Nc4ncc(F)c(-c5cc(F)c6nc(C)n(C(C)C)c6c5)n4)cc3OCC2C1.Cc1nc2c(F)cc(-c3nc(Nc4ccc5c(c4)OCC4CN(c6ccccc6)CCN54)ncc3F)cc2n1C(C)C.Cc1nc2c(F)cc(-c3nc(Nc4ccc5c(c4)OCC4CN(c6ccccn6)CCN54)ncc3F)cc2n1C(C)C. The smallest absolute Gasteiger partial charge is 0.227 e. The average molecular weight is 1720 g/mol. The Bertz CT molecular complexity index is 6320. The van der Waals surface area contributed by atoms with Crippen molar-refractivity contribution in [2.24, 2.45) is 0 Å². The second-order valence-electron chi connectivity index (χ2n) is 32.6. The maximum atomic E-state index is 15.1. The van der Waals surface area contributed by atoms with Crippen molar-refractivity contribution in [2.75, 3.05) is 125 Å². The number of piperazine rings is 3. The van der Waals surface area contributed by atoms with E-state index in [1.807, 2.05) is 161 Å². The van der Waals surface area contributed by atoms with Crippen molar-refractivity contribution in [1.29, 1.82) is 0 Å². The van der Waals surface area contributed by atoms with Gasteiger partial charge in [-0.3, -0.25) is 0 Å². The van der Waals surface area contributed by atoms with E-state index in [9.17, 15) is 21.6 Å². The minimum Gasteiger partial charge on any atom is -0.489 e. The topological polar surface area (TPSA) is 261 Å². The Morgan fingerprint density at radius 1 is 0.408 bits per heavy atom. The van der Waals surface area contributed by atoms with E-state index >= 15 is 13.2 Å². The lowest BCUT2D eigenvalue weighted by molar-refractivity contribution is 0.216. The standard InChI is InChI=1S/C32H31F2N7O.C31H30F2N8O.C28H31F2N7O3S/c1-19(2)41-20(3)36-31-25(33)13-21(14-28(31)41)30-26(34)16-35-32(38-30)37-22-9-10-27-29(15-22)42-18-24-17-39(11-12-40(24)27)23-7-5-4-6-8-23;1-18(2)41-19(3)36-30-23(32)12-20(13-26(30)41)29-24(33)15-35-31(38-29)37-21-7-8-25-27(14-21)42-17-22-16-39(10-11-40(22)25)28-6-4-5-9-34-28;1-5-41(38,39)35-8-9-36-20(14-35)15-40-25-12-19(6-7-23(25)36)33-28-31-13-22(30)26(34-28)18-10-21(29)27-24(11-18)37(16(2)3)17(4)32-27/h4-10,13-16,19,24H,11-12,17-18H2,1-3H3,(H,35,37,38);4-9,12-15,18,22H,10-11,16-17H2,1-3H3,(H,35,37,38);6-7,10-13,16,20H,5,8-9,14-15H2,1-4H3,(H,31,33,34). The van der Waals surface area contributed by atoms with E-state index in [2.05, 4.69) is 115 Å². The lowest BCUT2D eigenvalue weighted by Crippen LogP contribution is -2.58. The number of aromatic nitrogens is 13. The van der Waals surface area contributed by atoms with Gasteiger partial charge in [-0.25, -0.2) is 84.6 Å². The molecule has 0 spiro atoms. The van der Waals surface area contributed by atoms with E-state index in [1.54, 1.807) is 25.1 Å². The molecule has 3 fully saturated rings. The van der Waals surface area contributed by atoms with Crippen LogP contribution in [0, 0.1) is 55.7 Å². The first-order valence-corrected chi connectivity index (χ1v) is 43.4. The zero-order valence-corrected chi connectivity index (χ0v) is 71.3. The summed E-state index contributed by atoms with van der Waals surface area (Å²) >= 11 is 0. The van der Waals surface area contributed by atoms with Crippen molar-refractivity contribution in [3.63, 3.8) is 0 Å². The molecular weight excluding hydrogens is 1630 g/mol. The van der Waals surface area contributed by atoms with E-state index in [-0.39, 0.29) is 99.0 Å². The molecule has 6 aliphatic heterocycles. The van der Waals surface area contributed by atoms with Gasteiger partial charge in [-0.05, 0) is 166 Å². The fraction of sp³-hybridized carbons (Fsp3) is 0.319. The third kappa shape index (κ3) is 16.2. The number of benzene rings is 7. The van der Waals surface area contributed by atoms with Crippen molar-refractivity contribution in [2.45, 2.75) is 105 Å². The maximum absolute atomic E-state index is 15.1. The number of nitrogens with zero attached hydrogens (tertiary/aromatic N) is 19. The van der Waals surface area contributed by atoms with Crippen LogP contribution in [0.25, 0.3) is 66.9 Å². The van der Waals surface area contributed by atoms with Crippen LogP contribution in [0.5, 0.6) is 17.2 Å². The Hall–Kier alpha value is -13.4. The summed E-state index contributed by atoms with van der Waals surface area (Å²) in [6.45, 7) is 27.2. The predicted octanol–water partition coefficient (Wildman–Crippen LogP) is 17.0. The van der Waals surface area contributed by atoms with Gasteiger partial charge >= 0.3 is 0 Å². The van der Waals surface area contributed by atoms with E-state index < -0.39 is 44.9 Å². The van der Waals surface area contributed by atoms with Gasteiger partial charge in [-0.15, -0.1) is 0 Å². The minimum absolute atomic E-state index is 0.00490. The van der Waals surface area contributed by atoms with Gasteiger partial charge in [0.05, 0.1) is 76.1 Å². The van der Waals surface area contributed by atoms with Crippen LogP contribution in [0.4, 0.5) is 89.8 Å². The van der Waals surface area contributed by atoms with Crippen LogP contribution < -0.4 is 54.7 Å². The number of halogens is 6. The number of anilines is 11. The first kappa shape index (κ1) is 82.6. The Balaban J connectivity index is 0.000000127. The van der Waals surface area contributed by atoms with Crippen LogP contribution in [-0.4, -0.2) is 179 Å². The number of rotatable bonds is 16. The van der Waals surface area contributed by atoms with Gasteiger partial charge in [-0.1, -0.05) is 24.3 Å². The quantitative estimate of drug-likeness (QED) is 0.0759. The second kappa shape index (κ2) is 33.7. The number of imidazole rings is 3. The van der Waals surface area contributed by atoms with Gasteiger partial charge in [0.15, 0.2) is 34.9 Å². The first-order chi connectivity index (χ1) is 60.3. The number of fused-ring (bicyclic) bond motifs is 12. The van der Waals surface area contributed by atoms with Crippen LogP contribution in [0.1, 0.15) is 84.1 Å². The maximum Gasteiger partial charge on any atom is 0.227 e. The monoisotopic (exact) mass is 1720 g/mol. The third-order valence-electron chi connectivity index (χ3n) is 23.5. The highest BCUT2D eigenvalue weighted by Gasteiger charge is 2.39. The predicted molar refractivity (Wildman–Crippen MR) is 473 cm³/mol. The molecule has 34 heteroatoms. The molecule has 644 valence electrons. The Kier molecular flexibility index (Phi) is 22.3. The molecule has 0 saturated carbocycles. The van der Waals surface area contributed by atoms with Gasteiger partial charge in [-0.2, -0.15) is 4.31 Å². The summed E-state index contributed by atoms with van der Waals surface area (Å²) < 4.78 is 140. The van der Waals surface area contributed by atoms with Crippen LogP contribution in [0.15, 0.2) is 164 Å². The normalized spacial score (nSPS) is 16.7. The molecule has 13 heterocycles. The molecule has 0 aliphatic carbocycles. The van der Waals surface area contributed by atoms with Gasteiger partial charge in [0, 0.05) is 141 Å². The zero-order chi connectivity index (χ0) is 87.0. The van der Waals surface area contributed by atoms with Crippen molar-refractivity contribution < 1.29 is 49.0 Å². The lowest BCUT2D eigenvalue weighted by Gasteiger charge is -2.46. The summed E-state index contributed by atoms with van der Waals surface area (Å²) in [7, 11) is -3.26. The molecule has 14 aromatic rings. The van der Waals surface area contributed by atoms with Crippen LogP contribution in [0.2, 0.25) is 0 Å². The van der Waals surface area contributed by atoms with E-state index in [4.69, 9.17) is 14.2 Å². The molecule has 27 nitrogen and oxygen atoms in total. The third-order valence-corrected chi connectivity index (χ3v) is 25.4. The first-order valence-electron chi connectivity index (χ1n) is 41.7. The highest BCUT2D eigenvalue weighted by molar-refractivity contribution is 7.89. The van der Waals surface area contributed by atoms with Gasteiger partial charge in [0.1, 0.15) is 94.0 Å². The number of nitrogens with one attached hydrogen (secondary N) is 3. The molecule has 7 aromatic carbocycles. The number of sulfonamides is 1. The number of aryl methyl sites for hydroxylation is 3. The van der Waals surface area contributed by atoms with Crippen molar-refractivity contribution >= 4 is 107 Å². The van der Waals surface area contributed by atoms with E-state index in [0.29, 0.717) is 107 Å². The summed E-state index contributed by atoms with van der Waals surface area (Å²) in [6, 6.07) is 43.2. The van der Waals surface area contributed by atoms with Crippen LogP contribution in [-0.2, 0) is 10.0 Å². The number of hydrogen-bond acceptors (Lipinski definition) is 23. The largest absolute Gasteiger partial charge is 0.489 e. The van der Waals surface area contributed by atoms with Gasteiger partial charge in [0.25, 0.3) is 0 Å². The molecule has 7 aromatic heterocycles. The number of hydrogen-bond donors (Lipinski definition) is 3. The number of pyridine rings is 1. The molecule has 20 rings (SSSR count). The fourth-order valence-corrected chi connectivity index (χ4v) is 18.9. The van der Waals surface area contributed by atoms with E-state index in [0.717, 1.165) is 92.2 Å². The minimum atomic E-state index is -3.26. The molecule has 125 heavy (non-hydrogen) atoms. The van der Waals surface area contributed by atoms with E-state index in [1.165, 1.54) is 28.2 Å². The highest BCUT2D eigenvalue weighted by Crippen LogP contribution is 2.44. The highest BCUT2D eigenvalue weighted by atomic mass is 32.2. The van der Waals surface area contributed by atoms with Crippen molar-refractivity contribution in [3.8, 4) is 51.0 Å². The summed E-state index contributed by atoms with van der Waals surface area (Å²) in [6.07, 6.45) is 5.07. The number of ether oxygens (including phenoxy) is 3. The molecular formula is C91H92F6N22O5S. The Labute approximate surface area is 717 Å². The summed E-state index contributed by atoms with van der Waals surface area (Å²) in [4.78, 5) is 54.8. The molecule has 0 bridgehead atoms. The van der Waals surface area contributed by atoms with Crippen LogP contribution in [0.3, 0.4) is 0 Å². The summed E-state index contributed by atoms with van der Waals surface area (Å²) in [5, 5.41) is 9.43. The lowest BCUT2D eigenvalue weighted by atomic mass is 10.1. The molecule has 3 unspecified atom stereocenters. The molecule has 6 aliphatic rings. The molecule has 0 radical (unpaired) electrons. The summed E-state index contributed by atoms with van der Waals surface area (Å²) in [5.41, 5.74) is 9.62. The molecule has 3 N–H and O–H groups in total. The number of para-hydroxylation sites is 1. The molecule has 0 amide bonds. The molecule has 3 atom stereocenters. The Morgan fingerprint density at radius 2 is 0.776 bits per heavy atom. The van der Waals surface area contributed by atoms with Crippen molar-refractivity contribution in [1.82, 2.24) is 67.8 Å². The van der Waals surface area contributed by atoms with Gasteiger partial charge < -0.3 is 68.4 Å². The van der Waals surface area contributed by atoms with Gasteiger partial charge in [0.2, 0.25) is 27.9 Å². The fourth-order valence-electron chi connectivity index (χ4n) is 17.8. The van der Waals surface area contributed by atoms with Crippen LogP contribution >= 0.6 is 0 Å². The average Bonchev–Trinajstić information content (AvgIpc) is 1.53. The summed E-state index contributed by atoms with van der Waals surface area (Å²) in [5.74, 6) is 2.27.